The summed E-state index contributed by atoms with van der Waals surface area (Å²) in [7, 11) is 0.242. The first-order valence-electron chi connectivity index (χ1n) is 8.44. The van der Waals surface area contributed by atoms with Gasteiger partial charge in [-0.15, -0.1) is 0 Å². The summed E-state index contributed by atoms with van der Waals surface area (Å²) >= 11 is 0. The van der Waals surface area contributed by atoms with E-state index < -0.39 is 10.0 Å². The van der Waals surface area contributed by atoms with Gasteiger partial charge in [-0.1, -0.05) is 12.8 Å². The van der Waals surface area contributed by atoms with Crippen molar-refractivity contribution in [1.82, 2.24) is 14.5 Å². The summed E-state index contributed by atoms with van der Waals surface area (Å²) < 4.78 is 27.0. The molecule has 1 aliphatic rings. The second kappa shape index (κ2) is 8.60. The Morgan fingerprint density at radius 3 is 2.21 bits per heavy atom. The number of nitrogens with one attached hydrogen (secondary N) is 1. The second-order valence-electron chi connectivity index (χ2n) is 6.43. The first-order chi connectivity index (χ1) is 11.4. The van der Waals surface area contributed by atoms with Crippen LogP contribution in [0.1, 0.15) is 36.0 Å². The summed E-state index contributed by atoms with van der Waals surface area (Å²) in [6, 6.07) is 6.22. The molecule has 134 valence electrons. The predicted molar refractivity (Wildman–Crippen MR) is 94.6 cm³/mol. The Bertz CT molecular complexity index is 634. The lowest BCUT2D eigenvalue weighted by Crippen LogP contribution is -2.32. The van der Waals surface area contributed by atoms with Crippen molar-refractivity contribution in [1.29, 1.82) is 0 Å². The van der Waals surface area contributed by atoms with Crippen molar-refractivity contribution in [2.45, 2.75) is 30.6 Å². The minimum Gasteiger partial charge on any atom is -0.339 e. The Morgan fingerprint density at radius 1 is 1.08 bits per heavy atom. The number of benzene rings is 1. The van der Waals surface area contributed by atoms with Crippen LogP contribution in [-0.4, -0.2) is 64.4 Å². The number of hydrogen-bond acceptors (Lipinski definition) is 4. The summed E-state index contributed by atoms with van der Waals surface area (Å²) in [4.78, 5) is 16.5. The molecule has 1 fully saturated rings. The SMILES string of the molecule is CN(C)CCNS(=O)(=O)c1ccc(C(=O)N2CCCCCC2)cc1. The van der Waals surface area contributed by atoms with Crippen LogP contribution in [0.2, 0.25) is 0 Å². The van der Waals surface area contributed by atoms with Gasteiger partial charge in [0.1, 0.15) is 0 Å². The minimum atomic E-state index is -3.53. The van der Waals surface area contributed by atoms with Crippen LogP contribution in [0.25, 0.3) is 0 Å². The van der Waals surface area contributed by atoms with Crippen LogP contribution in [0, 0.1) is 0 Å². The average Bonchev–Trinajstić information content (AvgIpc) is 2.83. The molecule has 24 heavy (non-hydrogen) atoms. The molecule has 0 atom stereocenters. The summed E-state index contributed by atoms with van der Waals surface area (Å²) in [5.41, 5.74) is 0.546. The summed E-state index contributed by atoms with van der Waals surface area (Å²) in [5, 5.41) is 0. The molecule has 0 saturated carbocycles. The normalized spacial score (nSPS) is 16.2. The fourth-order valence-corrected chi connectivity index (χ4v) is 3.74. The topological polar surface area (TPSA) is 69.7 Å². The molecule has 0 spiro atoms. The van der Waals surface area contributed by atoms with Gasteiger partial charge in [-0.2, -0.15) is 0 Å². The number of amides is 1. The fourth-order valence-electron chi connectivity index (χ4n) is 2.72. The van der Waals surface area contributed by atoms with Gasteiger partial charge in [0.25, 0.3) is 5.91 Å². The first-order valence-corrected chi connectivity index (χ1v) is 9.92. The van der Waals surface area contributed by atoms with E-state index in [2.05, 4.69) is 4.72 Å². The highest BCUT2D eigenvalue weighted by Crippen LogP contribution is 2.15. The third-order valence-corrected chi connectivity index (χ3v) is 5.63. The summed E-state index contributed by atoms with van der Waals surface area (Å²) in [5.74, 6) is -0.0126. The second-order valence-corrected chi connectivity index (χ2v) is 8.20. The van der Waals surface area contributed by atoms with Crippen molar-refractivity contribution in [3.63, 3.8) is 0 Å². The lowest BCUT2D eigenvalue weighted by atomic mass is 10.2. The molecule has 7 heteroatoms. The van der Waals surface area contributed by atoms with E-state index in [-0.39, 0.29) is 10.8 Å². The highest BCUT2D eigenvalue weighted by Gasteiger charge is 2.19. The van der Waals surface area contributed by atoms with Gasteiger partial charge in [0.05, 0.1) is 4.90 Å². The Morgan fingerprint density at radius 2 is 1.67 bits per heavy atom. The molecule has 0 bridgehead atoms. The summed E-state index contributed by atoms with van der Waals surface area (Å²) in [6.45, 7) is 2.55. The van der Waals surface area contributed by atoms with Crippen LogP contribution in [0.3, 0.4) is 0 Å². The molecule has 0 aromatic heterocycles. The number of rotatable bonds is 6. The molecule has 0 aliphatic carbocycles. The monoisotopic (exact) mass is 353 g/mol. The Labute approximate surface area is 144 Å². The van der Waals surface area contributed by atoms with Gasteiger partial charge in [0, 0.05) is 31.7 Å². The summed E-state index contributed by atoms with van der Waals surface area (Å²) in [6.07, 6.45) is 4.40. The van der Waals surface area contributed by atoms with E-state index >= 15 is 0 Å². The van der Waals surface area contributed by atoms with Gasteiger partial charge in [0.15, 0.2) is 0 Å². The van der Waals surface area contributed by atoms with Crippen molar-refractivity contribution < 1.29 is 13.2 Å². The Kier molecular flexibility index (Phi) is 6.77. The Hall–Kier alpha value is -1.44. The maximum atomic E-state index is 12.5. The van der Waals surface area contributed by atoms with Crippen LogP contribution in [0.4, 0.5) is 0 Å². The molecular weight excluding hydrogens is 326 g/mol. The van der Waals surface area contributed by atoms with Gasteiger partial charge >= 0.3 is 0 Å². The van der Waals surface area contributed by atoms with Gasteiger partial charge in [-0.25, -0.2) is 13.1 Å². The predicted octanol–water partition coefficient (Wildman–Crippen LogP) is 1.54. The Balaban J connectivity index is 2.02. The van der Waals surface area contributed by atoms with Gasteiger partial charge in [-0.05, 0) is 51.2 Å². The van der Waals surface area contributed by atoms with E-state index in [0.717, 1.165) is 25.9 Å². The van der Waals surface area contributed by atoms with E-state index in [1.807, 2.05) is 23.9 Å². The molecule has 1 amide bonds. The lowest BCUT2D eigenvalue weighted by Gasteiger charge is -2.20. The molecule has 1 heterocycles. The van der Waals surface area contributed by atoms with Crippen LogP contribution in [0.5, 0.6) is 0 Å². The molecule has 0 radical (unpaired) electrons. The van der Waals surface area contributed by atoms with Crippen molar-refractivity contribution in [2.75, 3.05) is 40.3 Å². The van der Waals surface area contributed by atoms with Crippen molar-refractivity contribution in [3.8, 4) is 0 Å². The molecule has 1 aromatic carbocycles. The highest BCUT2D eigenvalue weighted by molar-refractivity contribution is 7.89. The van der Waals surface area contributed by atoms with Crippen molar-refractivity contribution in [3.05, 3.63) is 29.8 Å². The van der Waals surface area contributed by atoms with Gasteiger partial charge in [-0.3, -0.25) is 4.79 Å². The van der Waals surface area contributed by atoms with Crippen LogP contribution in [-0.2, 0) is 10.0 Å². The number of likely N-dealkylation sites (N-methyl/N-ethyl adjacent to an activating group) is 1. The standard InChI is InChI=1S/C17H27N3O3S/c1-19(2)14-11-18-24(22,23)16-9-7-15(8-10-16)17(21)20-12-5-3-4-6-13-20/h7-10,18H,3-6,11-14H2,1-2H3. The van der Waals surface area contributed by atoms with Crippen LogP contribution in [0.15, 0.2) is 29.2 Å². The molecule has 1 aromatic rings. The zero-order valence-corrected chi connectivity index (χ0v) is 15.3. The van der Waals surface area contributed by atoms with Gasteiger partial charge < -0.3 is 9.80 Å². The third kappa shape index (κ3) is 5.29. The fraction of sp³-hybridized carbons (Fsp3) is 0.588. The zero-order chi connectivity index (χ0) is 17.6. The number of nitrogens with zero attached hydrogens (tertiary/aromatic N) is 2. The molecule has 1 N–H and O–H groups in total. The van der Waals surface area contributed by atoms with E-state index in [4.69, 9.17) is 0 Å². The third-order valence-electron chi connectivity index (χ3n) is 4.16. The number of carbonyl (C=O) groups excluding carboxylic acids is 1. The quantitative estimate of drug-likeness (QED) is 0.842. The number of carbonyl (C=O) groups is 1. The lowest BCUT2D eigenvalue weighted by molar-refractivity contribution is 0.0761. The van der Waals surface area contributed by atoms with Crippen LogP contribution < -0.4 is 4.72 Å². The largest absolute Gasteiger partial charge is 0.339 e. The van der Waals surface area contributed by atoms with E-state index in [9.17, 15) is 13.2 Å². The van der Waals surface area contributed by atoms with E-state index in [1.165, 1.54) is 25.0 Å². The maximum Gasteiger partial charge on any atom is 0.253 e. The first kappa shape index (κ1) is 18.9. The minimum absolute atomic E-state index is 0.0126. The van der Waals surface area contributed by atoms with E-state index in [0.29, 0.717) is 18.7 Å². The zero-order valence-electron chi connectivity index (χ0n) is 14.5. The van der Waals surface area contributed by atoms with Crippen LogP contribution >= 0.6 is 0 Å². The van der Waals surface area contributed by atoms with Crippen molar-refractivity contribution in [2.24, 2.45) is 0 Å². The molecule has 1 aliphatic heterocycles. The van der Waals surface area contributed by atoms with Gasteiger partial charge in [0.2, 0.25) is 10.0 Å². The molecule has 1 saturated heterocycles. The average molecular weight is 353 g/mol. The number of likely N-dealkylation sites (tertiary alicyclic amines) is 1. The number of hydrogen-bond donors (Lipinski definition) is 1. The molecule has 0 unspecified atom stereocenters. The molecular formula is C17H27N3O3S. The van der Waals surface area contributed by atoms with Crippen molar-refractivity contribution >= 4 is 15.9 Å². The molecule has 6 nitrogen and oxygen atoms in total. The maximum absolute atomic E-state index is 12.5. The highest BCUT2D eigenvalue weighted by atomic mass is 32.2. The van der Waals surface area contributed by atoms with E-state index in [1.54, 1.807) is 12.1 Å². The number of sulfonamides is 1. The molecule has 2 rings (SSSR count). The smallest absolute Gasteiger partial charge is 0.253 e.